The summed E-state index contributed by atoms with van der Waals surface area (Å²) < 4.78 is 17.4. The fraction of sp³-hybridized carbons (Fsp3) is 0.600. The fourth-order valence-corrected chi connectivity index (χ4v) is 3.18. The maximum Gasteiger partial charge on any atom is 0.126 e. The molecule has 0 saturated carbocycles. The third kappa shape index (κ3) is 3.89. The van der Waals surface area contributed by atoms with Gasteiger partial charge in [-0.05, 0) is 57.7 Å². The average molecular weight is 316 g/mol. The Hall–Kier alpha value is -1.48. The molecular weight excluding hydrogens is 288 g/mol. The molecule has 3 nitrogen and oxygen atoms in total. The van der Waals surface area contributed by atoms with Crippen LogP contribution in [0, 0.1) is 0 Å². The number of hydrogen-bond donors (Lipinski definition) is 0. The molecular formula is C20H28O3. The van der Waals surface area contributed by atoms with Gasteiger partial charge in [-0.2, -0.15) is 0 Å². The number of rotatable bonds is 7. The predicted octanol–water partition coefficient (Wildman–Crippen LogP) is 4.68. The zero-order chi connectivity index (χ0) is 16.4. The Labute approximate surface area is 139 Å². The van der Waals surface area contributed by atoms with Gasteiger partial charge in [0.05, 0.1) is 11.7 Å². The molecule has 23 heavy (non-hydrogen) atoms. The summed E-state index contributed by atoms with van der Waals surface area (Å²) in [6, 6.07) is 6.15. The largest absolute Gasteiger partial charge is 0.490 e. The van der Waals surface area contributed by atoms with Crippen molar-refractivity contribution in [2.24, 2.45) is 0 Å². The van der Waals surface area contributed by atoms with Crippen molar-refractivity contribution >= 4 is 0 Å². The van der Waals surface area contributed by atoms with Crippen LogP contribution in [0.5, 0.6) is 11.5 Å². The lowest BCUT2D eigenvalue weighted by Crippen LogP contribution is -2.07. The van der Waals surface area contributed by atoms with Crippen molar-refractivity contribution in [1.29, 1.82) is 0 Å². The number of hydrogen-bond acceptors (Lipinski definition) is 3. The van der Waals surface area contributed by atoms with Crippen molar-refractivity contribution in [2.75, 3.05) is 6.61 Å². The minimum Gasteiger partial charge on any atom is -0.490 e. The van der Waals surface area contributed by atoms with Crippen LogP contribution in [0.3, 0.4) is 0 Å². The van der Waals surface area contributed by atoms with E-state index < -0.39 is 0 Å². The summed E-state index contributed by atoms with van der Waals surface area (Å²) in [6.07, 6.45) is 7.17. The minimum absolute atomic E-state index is 0.137. The van der Waals surface area contributed by atoms with Gasteiger partial charge in [-0.25, -0.2) is 0 Å². The van der Waals surface area contributed by atoms with E-state index in [4.69, 9.17) is 14.2 Å². The van der Waals surface area contributed by atoms with Gasteiger partial charge in [0, 0.05) is 12.5 Å². The number of ether oxygens (including phenoxy) is 3. The topological polar surface area (TPSA) is 31.0 Å². The highest BCUT2D eigenvalue weighted by atomic mass is 16.6. The summed E-state index contributed by atoms with van der Waals surface area (Å²) in [5.74, 6) is 1.85. The molecule has 3 heteroatoms. The molecule has 0 spiro atoms. The van der Waals surface area contributed by atoms with E-state index in [-0.39, 0.29) is 11.7 Å². The highest BCUT2D eigenvalue weighted by molar-refractivity contribution is 5.43. The van der Waals surface area contributed by atoms with Gasteiger partial charge in [0.2, 0.25) is 0 Å². The van der Waals surface area contributed by atoms with E-state index in [2.05, 4.69) is 39.8 Å². The van der Waals surface area contributed by atoms with Gasteiger partial charge >= 0.3 is 0 Å². The molecule has 1 aromatic carbocycles. The lowest BCUT2D eigenvalue weighted by Gasteiger charge is -2.07. The third-order valence-electron chi connectivity index (χ3n) is 5.09. The molecule has 0 aromatic heterocycles. The fourth-order valence-electron chi connectivity index (χ4n) is 3.18. The molecule has 0 amide bonds. The Balaban J connectivity index is 1.43. The first-order chi connectivity index (χ1) is 11.0. The van der Waals surface area contributed by atoms with Crippen LogP contribution in [0.1, 0.15) is 52.5 Å². The summed E-state index contributed by atoms with van der Waals surface area (Å²) in [6.45, 7) is 9.27. The van der Waals surface area contributed by atoms with E-state index >= 15 is 0 Å². The lowest BCUT2D eigenvalue weighted by molar-refractivity contribution is 0.253. The van der Waals surface area contributed by atoms with Crippen molar-refractivity contribution < 1.29 is 14.2 Å². The van der Waals surface area contributed by atoms with E-state index in [0.717, 1.165) is 37.2 Å². The van der Waals surface area contributed by atoms with E-state index in [1.807, 2.05) is 12.1 Å². The standard InChI is InChI=1S/C20H28O3/c1-5-20(4)19(23-20)9-6-14(2)10-11-21-17-8-7-16-12-15(3)22-18(16)13-17/h7-8,10,13,15,19H,5-6,9,11-12H2,1-4H3/b14-10+. The molecule has 3 atom stereocenters. The van der Waals surface area contributed by atoms with Gasteiger partial charge in [-0.1, -0.05) is 18.6 Å². The number of epoxide rings is 1. The molecule has 0 radical (unpaired) electrons. The molecule has 126 valence electrons. The zero-order valence-electron chi connectivity index (χ0n) is 14.7. The molecule has 2 heterocycles. The van der Waals surface area contributed by atoms with E-state index in [1.165, 1.54) is 11.1 Å². The summed E-state index contributed by atoms with van der Waals surface area (Å²) in [4.78, 5) is 0. The maximum atomic E-state index is 5.83. The summed E-state index contributed by atoms with van der Waals surface area (Å²) in [5, 5.41) is 0. The summed E-state index contributed by atoms with van der Waals surface area (Å²) in [5.41, 5.74) is 2.78. The van der Waals surface area contributed by atoms with Crippen LogP contribution in [0.15, 0.2) is 29.8 Å². The summed E-state index contributed by atoms with van der Waals surface area (Å²) in [7, 11) is 0. The molecule has 1 aromatic rings. The van der Waals surface area contributed by atoms with Crippen LogP contribution < -0.4 is 9.47 Å². The van der Waals surface area contributed by atoms with Gasteiger partial charge in [0.15, 0.2) is 0 Å². The van der Waals surface area contributed by atoms with Gasteiger partial charge in [0.1, 0.15) is 24.2 Å². The normalized spacial score (nSPS) is 29.1. The van der Waals surface area contributed by atoms with Crippen LogP contribution in [0.4, 0.5) is 0 Å². The first-order valence-electron chi connectivity index (χ1n) is 8.76. The monoisotopic (exact) mass is 316 g/mol. The number of allylic oxidation sites excluding steroid dienone is 1. The molecule has 3 unspecified atom stereocenters. The second-order valence-electron chi connectivity index (χ2n) is 7.07. The molecule has 1 fully saturated rings. The van der Waals surface area contributed by atoms with Crippen molar-refractivity contribution in [3.05, 3.63) is 35.4 Å². The van der Waals surface area contributed by atoms with Crippen molar-refractivity contribution in [1.82, 2.24) is 0 Å². The molecule has 2 aliphatic heterocycles. The van der Waals surface area contributed by atoms with Gasteiger partial charge in [0.25, 0.3) is 0 Å². The van der Waals surface area contributed by atoms with Crippen LogP contribution >= 0.6 is 0 Å². The van der Waals surface area contributed by atoms with Gasteiger partial charge < -0.3 is 14.2 Å². The quantitative estimate of drug-likeness (QED) is 0.540. The van der Waals surface area contributed by atoms with Crippen LogP contribution in [0.25, 0.3) is 0 Å². The molecule has 0 bridgehead atoms. The first-order valence-corrected chi connectivity index (χ1v) is 8.76. The van der Waals surface area contributed by atoms with E-state index in [1.54, 1.807) is 0 Å². The Bertz CT molecular complexity index is 593. The minimum atomic E-state index is 0.137. The van der Waals surface area contributed by atoms with E-state index in [0.29, 0.717) is 12.7 Å². The smallest absolute Gasteiger partial charge is 0.126 e. The molecule has 0 aliphatic carbocycles. The Morgan fingerprint density at radius 3 is 3.00 bits per heavy atom. The van der Waals surface area contributed by atoms with Crippen molar-refractivity contribution in [3.8, 4) is 11.5 Å². The molecule has 0 N–H and O–H groups in total. The van der Waals surface area contributed by atoms with Gasteiger partial charge in [-0.15, -0.1) is 0 Å². The second-order valence-corrected chi connectivity index (χ2v) is 7.07. The van der Waals surface area contributed by atoms with E-state index in [9.17, 15) is 0 Å². The maximum absolute atomic E-state index is 5.83. The SMILES string of the molecule is CCC1(C)OC1CC/C(C)=C/COc1ccc2c(c1)OC(C)C2. The Kier molecular flexibility index (Phi) is 4.67. The lowest BCUT2D eigenvalue weighted by atomic mass is 9.99. The predicted molar refractivity (Wildman–Crippen MR) is 92.3 cm³/mol. The molecule has 1 saturated heterocycles. The van der Waals surface area contributed by atoms with Crippen LogP contribution in [-0.4, -0.2) is 24.4 Å². The van der Waals surface area contributed by atoms with Crippen molar-refractivity contribution in [2.45, 2.75) is 71.2 Å². The molecule has 3 rings (SSSR count). The Morgan fingerprint density at radius 1 is 1.43 bits per heavy atom. The number of benzene rings is 1. The zero-order valence-corrected chi connectivity index (χ0v) is 14.7. The van der Waals surface area contributed by atoms with Gasteiger partial charge in [-0.3, -0.25) is 0 Å². The molecule has 2 aliphatic rings. The van der Waals surface area contributed by atoms with Crippen molar-refractivity contribution in [3.63, 3.8) is 0 Å². The van der Waals surface area contributed by atoms with Crippen LogP contribution in [0.2, 0.25) is 0 Å². The second kappa shape index (κ2) is 6.56. The third-order valence-corrected chi connectivity index (χ3v) is 5.09. The number of fused-ring (bicyclic) bond motifs is 1. The highest BCUT2D eigenvalue weighted by Gasteiger charge is 2.49. The van der Waals surface area contributed by atoms with Crippen LogP contribution in [-0.2, 0) is 11.2 Å². The first kappa shape index (κ1) is 16.4. The average Bonchev–Trinajstić information content (AvgIpc) is 3.03. The summed E-state index contributed by atoms with van der Waals surface area (Å²) >= 11 is 0. The Morgan fingerprint density at radius 2 is 2.26 bits per heavy atom. The highest BCUT2D eigenvalue weighted by Crippen LogP contribution is 2.42.